The molecule has 15 heteroatoms. The van der Waals surface area contributed by atoms with Gasteiger partial charge >= 0.3 is 11.9 Å². The maximum Gasteiger partial charge on any atom is 0.329 e. The number of phenolic OH excluding ortho intramolecular Hbond substituents is 2. The molecule has 0 spiro atoms. The average Bonchev–Trinajstić information content (AvgIpc) is 3.60. The van der Waals surface area contributed by atoms with E-state index >= 15 is 0 Å². The van der Waals surface area contributed by atoms with Crippen molar-refractivity contribution < 1.29 is 42.5 Å². The summed E-state index contributed by atoms with van der Waals surface area (Å²) >= 11 is 0. The molecule has 1 amide bonds. The quantitative estimate of drug-likeness (QED) is 0.0621. The van der Waals surface area contributed by atoms with Crippen LogP contribution in [0.25, 0.3) is 33.5 Å². The number of carbonyl (C=O) groups is 3. The fourth-order valence-corrected chi connectivity index (χ4v) is 6.41. The number of rotatable bonds is 14. The summed E-state index contributed by atoms with van der Waals surface area (Å²) in [7, 11) is -4.23. The molecule has 0 saturated heterocycles. The Kier molecular flexibility index (Phi) is 11.6. The topological polar surface area (TPSA) is 235 Å². The van der Waals surface area contributed by atoms with Gasteiger partial charge in [-0.15, -0.1) is 0 Å². The number of nitrogens with one attached hydrogen (secondary N) is 3. The number of sulfonamides is 1. The number of nitrogens with two attached hydrogens (primary N) is 1. The Bertz CT molecular complexity index is 2560. The molecule has 1 heterocycles. The van der Waals surface area contributed by atoms with Gasteiger partial charge in [0.2, 0.25) is 15.9 Å². The molecule has 0 radical (unpaired) electrons. The molecule has 0 saturated carbocycles. The first-order chi connectivity index (χ1) is 26.7. The molecule has 1 aromatic heterocycles. The Balaban J connectivity index is 1.33. The van der Waals surface area contributed by atoms with Crippen LogP contribution in [-0.4, -0.2) is 58.2 Å². The van der Waals surface area contributed by atoms with E-state index in [0.29, 0.717) is 27.9 Å². The van der Waals surface area contributed by atoms with Gasteiger partial charge in [0.05, 0.1) is 34.3 Å². The van der Waals surface area contributed by atoms with Crippen LogP contribution in [0.4, 0.5) is 0 Å². The molecule has 6 aromatic rings. The second-order valence-corrected chi connectivity index (χ2v) is 14.5. The first-order valence-corrected chi connectivity index (χ1v) is 18.8. The molecule has 7 N–H and O–H groups in total. The van der Waals surface area contributed by atoms with Crippen LogP contribution in [0.2, 0.25) is 0 Å². The Hall–Kier alpha value is -6.84. The second kappa shape index (κ2) is 16.7. The number of aromatic amines is 1. The lowest BCUT2D eigenvalue weighted by atomic mass is 9.95. The summed E-state index contributed by atoms with van der Waals surface area (Å²) < 4.78 is 35.3. The fourth-order valence-electron chi connectivity index (χ4n) is 5.87. The fraction of sp³-hybridized carbons (Fsp3) is 0.146. The number of amides is 1. The Morgan fingerprint density at radius 2 is 1.46 bits per heavy atom. The number of H-pyrrole nitrogens is 1. The molecule has 0 unspecified atom stereocenters. The van der Waals surface area contributed by atoms with E-state index in [9.17, 15) is 33.0 Å². The van der Waals surface area contributed by atoms with Crippen molar-refractivity contribution in [3.8, 4) is 34.0 Å². The minimum atomic E-state index is -4.23. The molecule has 56 heavy (non-hydrogen) atoms. The zero-order valence-electron chi connectivity index (χ0n) is 30.0. The molecule has 0 bridgehead atoms. The highest BCUT2D eigenvalue weighted by molar-refractivity contribution is 7.89. The third kappa shape index (κ3) is 9.44. The molecule has 0 aliphatic rings. The highest BCUT2D eigenvalue weighted by atomic mass is 32.2. The normalized spacial score (nSPS) is 11.8. The van der Waals surface area contributed by atoms with E-state index in [2.05, 4.69) is 15.3 Å². The van der Waals surface area contributed by atoms with Crippen LogP contribution in [0.3, 0.4) is 0 Å². The Morgan fingerprint density at radius 1 is 0.821 bits per heavy atom. The molecule has 0 aliphatic carbocycles. The summed E-state index contributed by atoms with van der Waals surface area (Å²) in [5, 5.41) is 38.4. The van der Waals surface area contributed by atoms with E-state index in [4.69, 9.17) is 20.0 Å². The number of hydrogen-bond acceptors (Lipinski definition) is 11. The van der Waals surface area contributed by atoms with E-state index in [1.807, 2.05) is 6.07 Å². The van der Waals surface area contributed by atoms with Crippen LogP contribution in [0.15, 0.2) is 114 Å². The van der Waals surface area contributed by atoms with Gasteiger partial charge in [0.1, 0.15) is 36.6 Å². The van der Waals surface area contributed by atoms with Crippen LogP contribution < -0.4 is 10.5 Å². The van der Waals surface area contributed by atoms with E-state index < -0.39 is 58.3 Å². The molecule has 6 rings (SSSR count). The number of ether oxygens (including phenoxy) is 2. The number of imidazole rings is 1. The van der Waals surface area contributed by atoms with Crippen molar-refractivity contribution in [3.05, 3.63) is 131 Å². The lowest BCUT2D eigenvalue weighted by molar-refractivity contribution is -0.155. The van der Waals surface area contributed by atoms with Crippen molar-refractivity contribution in [2.24, 2.45) is 5.14 Å². The average molecular weight is 776 g/mol. The van der Waals surface area contributed by atoms with Gasteiger partial charge in [-0.2, -0.15) is 0 Å². The monoisotopic (exact) mass is 775 g/mol. The summed E-state index contributed by atoms with van der Waals surface area (Å²) in [4.78, 5) is 47.4. The van der Waals surface area contributed by atoms with E-state index in [1.54, 1.807) is 79.7 Å². The van der Waals surface area contributed by atoms with Gasteiger partial charge < -0.3 is 35.4 Å². The smallest absolute Gasteiger partial charge is 0.329 e. The first-order valence-electron chi connectivity index (χ1n) is 17.2. The zero-order chi connectivity index (χ0) is 40.0. The number of phenols is 2. The van der Waals surface area contributed by atoms with Crippen LogP contribution >= 0.6 is 0 Å². The highest BCUT2D eigenvalue weighted by Crippen LogP contribution is 2.43. The van der Waals surface area contributed by atoms with Crippen molar-refractivity contribution in [1.29, 1.82) is 5.41 Å². The number of carbonyl (C=O) groups excluding carboxylic acids is 3. The number of aromatic hydroxyl groups is 2. The van der Waals surface area contributed by atoms with Gasteiger partial charge in [0.15, 0.2) is 0 Å². The van der Waals surface area contributed by atoms with Crippen molar-refractivity contribution >= 4 is 44.6 Å². The summed E-state index contributed by atoms with van der Waals surface area (Å²) in [5.74, 6) is -3.01. The molecular formula is C41H37N5O9S. The van der Waals surface area contributed by atoms with Gasteiger partial charge in [-0.25, -0.2) is 23.3 Å². The third-order valence-electron chi connectivity index (χ3n) is 8.75. The van der Waals surface area contributed by atoms with Crippen molar-refractivity contribution in [2.75, 3.05) is 0 Å². The van der Waals surface area contributed by atoms with Crippen molar-refractivity contribution in [2.45, 2.75) is 43.9 Å². The third-order valence-corrected chi connectivity index (χ3v) is 9.66. The zero-order valence-corrected chi connectivity index (χ0v) is 30.8. The summed E-state index contributed by atoms with van der Waals surface area (Å²) in [6.07, 6.45) is -0.961. The number of nitrogens with zero attached hydrogens (tertiary/aromatic N) is 1. The molecular weight excluding hydrogens is 739 g/mol. The molecule has 14 nitrogen and oxygen atoms in total. The standard InChI is InChI=1S/C41H37N5O9S/c1-24(42)28-12-14-33-34(19-28)46-40(45-33)32-17-27(16-31(39(32)50)30-20-29(56(43,52)53)13-15-36(30)47)18-37(48)44-35(41(51)55-23-26-10-6-3-7-11-26)21-38(49)54-22-25-8-4-2-5-9-25/h2-17,19-20,35,42,47,50H,18,21-23H2,1H3,(H,44,48)(H,45,46)(H2,43,52,53)/t35-/m0/s1. The summed E-state index contributed by atoms with van der Waals surface area (Å²) in [5.41, 5.74) is 3.54. The molecule has 286 valence electrons. The van der Waals surface area contributed by atoms with Gasteiger partial charge in [0, 0.05) is 16.8 Å². The number of esters is 2. The maximum atomic E-state index is 13.7. The Morgan fingerprint density at radius 3 is 2.11 bits per heavy atom. The highest BCUT2D eigenvalue weighted by Gasteiger charge is 2.28. The molecule has 1 atom stereocenters. The second-order valence-electron chi connectivity index (χ2n) is 12.9. The van der Waals surface area contributed by atoms with Crippen LogP contribution in [-0.2, 0) is 53.5 Å². The number of fused-ring (bicyclic) bond motifs is 1. The summed E-state index contributed by atoms with van der Waals surface area (Å²) in [6.45, 7) is 1.46. The van der Waals surface area contributed by atoms with Crippen LogP contribution in [0, 0.1) is 5.41 Å². The van der Waals surface area contributed by atoms with E-state index in [-0.39, 0.29) is 46.2 Å². The minimum Gasteiger partial charge on any atom is -0.507 e. The number of benzene rings is 5. The number of aromatic nitrogens is 2. The summed E-state index contributed by atoms with van der Waals surface area (Å²) in [6, 6.07) is 27.6. The number of hydrogen-bond donors (Lipinski definition) is 6. The SMILES string of the molecule is CC(=N)c1ccc2[nH]c(-c3cc(CC(=O)N[C@@H](CC(=O)OCc4ccccc4)C(=O)OCc4ccccc4)cc(-c4cc(S(N)(=O)=O)ccc4O)c3O)nc2c1. The molecule has 0 aliphatic heterocycles. The lowest BCUT2D eigenvalue weighted by Gasteiger charge is -2.18. The van der Waals surface area contributed by atoms with Crippen molar-refractivity contribution in [3.63, 3.8) is 0 Å². The van der Waals surface area contributed by atoms with Crippen LogP contribution in [0.1, 0.15) is 35.6 Å². The number of primary sulfonamides is 1. The maximum absolute atomic E-state index is 13.7. The first kappa shape index (κ1) is 38.9. The molecule has 0 fully saturated rings. The van der Waals surface area contributed by atoms with Gasteiger partial charge in [-0.3, -0.25) is 9.59 Å². The Labute approximate surface area is 321 Å². The van der Waals surface area contributed by atoms with E-state index in [0.717, 1.165) is 23.8 Å². The van der Waals surface area contributed by atoms with E-state index in [1.165, 1.54) is 12.1 Å². The van der Waals surface area contributed by atoms with Crippen LogP contribution in [0.5, 0.6) is 11.5 Å². The lowest BCUT2D eigenvalue weighted by Crippen LogP contribution is -2.44. The van der Waals surface area contributed by atoms with Crippen molar-refractivity contribution in [1.82, 2.24) is 15.3 Å². The largest absolute Gasteiger partial charge is 0.507 e. The molecule has 5 aromatic carbocycles. The van der Waals surface area contributed by atoms with Gasteiger partial charge in [0.25, 0.3) is 0 Å². The van der Waals surface area contributed by atoms with Gasteiger partial charge in [-0.1, -0.05) is 66.7 Å². The predicted octanol–water partition coefficient (Wildman–Crippen LogP) is 5.25. The minimum absolute atomic E-state index is 0.0535. The van der Waals surface area contributed by atoms with Gasteiger partial charge in [-0.05, 0) is 71.6 Å². The predicted molar refractivity (Wildman–Crippen MR) is 207 cm³/mol.